The summed E-state index contributed by atoms with van der Waals surface area (Å²) in [6.45, 7) is 10.7. The fourth-order valence-corrected chi connectivity index (χ4v) is 3.57. The molecule has 1 aliphatic carbocycles. The lowest BCUT2D eigenvalue weighted by Gasteiger charge is -2.08. The van der Waals surface area contributed by atoms with Crippen molar-refractivity contribution < 1.29 is 8.92 Å². The summed E-state index contributed by atoms with van der Waals surface area (Å²) in [4.78, 5) is 0. The Labute approximate surface area is 119 Å². The Bertz CT molecular complexity index is 209. The zero-order valence-corrected chi connectivity index (χ0v) is 13.2. The molecule has 1 rings (SSSR count). The molecule has 6 heteroatoms. The van der Waals surface area contributed by atoms with Crippen molar-refractivity contribution in [2.75, 3.05) is 32.8 Å². The molecule has 0 aromatic heterocycles. The SMILES string of the molecule is CCNCCOSSC1CC1NCCOC(C)C. The molecule has 1 saturated carbocycles. The van der Waals surface area contributed by atoms with Gasteiger partial charge in [0.2, 0.25) is 0 Å². The van der Waals surface area contributed by atoms with Gasteiger partial charge in [-0.05, 0) is 26.8 Å². The Morgan fingerprint density at radius 2 is 2.11 bits per heavy atom. The molecule has 0 radical (unpaired) electrons. The highest BCUT2D eigenvalue weighted by molar-refractivity contribution is 8.75. The maximum absolute atomic E-state index is 5.49. The lowest BCUT2D eigenvalue weighted by molar-refractivity contribution is 0.0807. The maximum atomic E-state index is 5.49. The molecule has 0 aliphatic heterocycles. The van der Waals surface area contributed by atoms with E-state index in [1.807, 2.05) is 10.8 Å². The number of ether oxygens (including phenoxy) is 1. The molecule has 0 saturated heterocycles. The Kier molecular flexibility index (Phi) is 9.53. The lowest BCUT2D eigenvalue weighted by Crippen LogP contribution is -2.24. The van der Waals surface area contributed by atoms with E-state index in [0.717, 1.165) is 32.8 Å². The van der Waals surface area contributed by atoms with Crippen LogP contribution in [0.15, 0.2) is 0 Å². The van der Waals surface area contributed by atoms with Gasteiger partial charge in [-0.1, -0.05) is 17.7 Å². The molecule has 2 unspecified atom stereocenters. The van der Waals surface area contributed by atoms with Crippen molar-refractivity contribution in [3.8, 4) is 0 Å². The third-order valence-electron chi connectivity index (χ3n) is 2.51. The third-order valence-corrected chi connectivity index (χ3v) is 4.89. The van der Waals surface area contributed by atoms with Gasteiger partial charge in [-0.15, -0.1) is 0 Å². The van der Waals surface area contributed by atoms with Crippen molar-refractivity contribution in [3.63, 3.8) is 0 Å². The van der Waals surface area contributed by atoms with E-state index in [-0.39, 0.29) is 0 Å². The van der Waals surface area contributed by atoms with Crippen molar-refractivity contribution in [1.82, 2.24) is 10.6 Å². The van der Waals surface area contributed by atoms with Crippen LogP contribution in [0.25, 0.3) is 0 Å². The minimum atomic E-state index is 0.330. The molecule has 108 valence electrons. The third kappa shape index (κ3) is 8.61. The first kappa shape index (κ1) is 16.6. The molecule has 0 aromatic rings. The average Bonchev–Trinajstić information content (AvgIpc) is 3.08. The first-order chi connectivity index (χ1) is 8.74. The van der Waals surface area contributed by atoms with Gasteiger partial charge in [-0.2, -0.15) is 0 Å². The van der Waals surface area contributed by atoms with Crippen molar-refractivity contribution >= 4 is 21.9 Å². The van der Waals surface area contributed by atoms with E-state index in [0.29, 0.717) is 17.4 Å². The molecule has 1 fully saturated rings. The van der Waals surface area contributed by atoms with Crippen LogP contribution in [-0.2, 0) is 8.92 Å². The normalized spacial score (nSPS) is 22.7. The molecule has 0 amide bonds. The quantitative estimate of drug-likeness (QED) is 0.326. The Morgan fingerprint density at radius 1 is 1.28 bits per heavy atom. The fourth-order valence-electron chi connectivity index (χ4n) is 1.43. The van der Waals surface area contributed by atoms with E-state index in [1.54, 1.807) is 0 Å². The molecule has 2 N–H and O–H groups in total. The molecular weight excluding hydrogens is 268 g/mol. The van der Waals surface area contributed by atoms with E-state index in [4.69, 9.17) is 8.92 Å². The van der Waals surface area contributed by atoms with Gasteiger partial charge in [0.05, 0.1) is 30.4 Å². The largest absolute Gasteiger partial charge is 0.377 e. The fraction of sp³-hybridized carbons (Fsp3) is 1.00. The first-order valence-corrected chi connectivity index (χ1v) is 8.88. The first-order valence-electron chi connectivity index (χ1n) is 6.74. The van der Waals surface area contributed by atoms with Crippen LogP contribution in [-0.4, -0.2) is 50.2 Å². The van der Waals surface area contributed by atoms with E-state index in [1.165, 1.54) is 17.5 Å². The summed E-state index contributed by atoms with van der Waals surface area (Å²) in [6.07, 6.45) is 1.58. The predicted octanol–water partition coefficient (Wildman–Crippen LogP) is 2.06. The monoisotopic (exact) mass is 294 g/mol. The number of nitrogens with one attached hydrogen (secondary N) is 2. The van der Waals surface area contributed by atoms with E-state index >= 15 is 0 Å². The van der Waals surface area contributed by atoms with E-state index in [9.17, 15) is 0 Å². The summed E-state index contributed by atoms with van der Waals surface area (Å²) in [6, 6.07) is 0.649. The number of hydrogen-bond donors (Lipinski definition) is 2. The van der Waals surface area contributed by atoms with Crippen molar-refractivity contribution in [3.05, 3.63) is 0 Å². The number of rotatable bonds is 12. The average molecular weight is 294 g/mol. The maximum Gasteiger partial charge on any atom is 0.0748 e. The molecule has 2 atom stereocenters. The van der Waals surface area contributed by atoms with Gasteiger partial charge in [0.15, 0.2) is 0 Å². The highest BCUT2D eigenvalue weighted by Gasteiger charge is 2.37. The Balaban J connectivity index is 1.80. The molecule has 0 spiro atoms. The highest BCUT2D eigenvalue weighted by atomic mass is 33.1. The Morgan fingerprint density at radius 3 is 2.83 bits per heavy atom. The van der Waals surface area contributed by atoms with Gasteiger partial charge in [0.25, 0.3) is 0 Å². The lowest BCUT2D eigenvalue weighted by atomic mass is 10.5. The van der Waals surface area contributed by atoms with Crippen LogP contribution < -0.4 is 10.6 Å². The second kappa shape index (κ2) is 10.3. The topological polar surface area (TPSA) is 42.5 Å². The summed E-state index contributed by atoms with van der Waals surface area (Å²) in [5, 5.41) is 7.43. The summed E-state index contributed by atoms with van der Waals surface area (Å²) in [5.74, 6) is 0. The van der Waals surface area contributed by atoms with Crippen LogP contribution in [0.3, 0.4) is 0 Å². The van der Waals surface area contributed by atoms with E-state index < -0.39 is 0 Å². The van der Waals surface area contributed by atoms with Gasteiger partial charge in [-0.3, -0.25) is 0 Å². The molecule has 0 bridgehead atoms. The van der Waals surface area contributed by atoms with Crippen molar-refractivity contribution in [2.45, 2.75) is 44.6 Å². The van der Waals surface area contributed by atoms with Gasteiger partial charge < -0.3 is 19.6 Å². The summed E-state index contributed by atoms with van der Waals surface area (Å²) in [5.41, 5.74) is 0. The van der Waals surface area contributed by atoms with Crippen LogP contribution in [0.4, 0.5) is 0 Å². The zero-order chi connectivity index (χ0) is 13.2. The second-order valence-electron chi connectivity index (χ2n) is 4.59. The van der Waals surface area contributed by atoms with Gasteiger partial charge >= 0.3 is 0 Å². The van der Waals surface area contributed by atoms with Gasteiger partial charge in [-0.25, -0.2) is 0 Å². The zero-order valence-electron chi connectivity index (χ0n) is 11.6. The minimum Gasteiger partial charge on any atom is -0.377 e. The predicted molar refractivity (Wildman–Crippen MR) is 81.0 cm³/mol. The Hall–Kier alpha value is 0.540. The van der Waals surface area contributed by atoms with Gasteiger partial charge in [0, 0.05) is 24.4 Å². The van der Waals surface area contributed by atoms with Crippen LogP contribution >= 0.6 is 21.9 Å². The van der Waals surface area contributed by atoms with E-state index in [2.05, 4.69) is 31.4 Å². The summed E-state index contributed by atoms with van der Waals surface area (Å²) < 4.78 is 10.9. The van der Waals surface area contributed by atoms with Crippen molar-refractivity contribution in [2.24, 2.45) is 0 Å². The molecule has 4 nitrogen and oxygen atoms in total. The van der Waals surface area contributed by atoms with Crippen LogP contribution in [0, 0.1) is 0 Å². The standard InChI is InChI=1S/C12H26N2O2S2/c1-4-13-5-8-16-18-17-12-9-11(12)14-6-7-15-10(2)3/h10-14H,4-9H2,1-3H3. The molecule has 18 heavy (non-hydrogen) atoms. The highest BCUT2D eigenvalue weighted by Crippen LogP contribution is 2.42. The molecule has 1 aliphatic rings. The number of likely N-dealkylation sites (N-methyl/N-ethyl adjacent to an activating group) is 1. The van der Waals surface area contributed by atoms with Crippen LogP contribution in [0.2, 0.25) is 0 Å². The summed E-state index contributed by atoms with van der Waals surface area (Å²) >= 11 is 1.53. The minimum absolute atomic E-state index is 0.330. The molecule has 0 aromatic carbocycles. The second-order valence-corrected chi connectivity index (χ2v) is 6.75. The van der Waals surface area contributed by atoms with Crippen molar-refractivity contribution in [1.29, 1.82) is 0 Å². The molecular formula is C12H26N2O2S2. The van der Waals surface area contributed by atoms with Crippen LogP contribution in [0.1, 0.15) is 27.2 Å². The number of hydrogen-bond acceptors (Lipinski definition) is 6. The molecule has 0 heterocycles. The summed E-state index contributed by atoms with van der Waals surface area (Å²) in [7, 11) is 1.84. The van der Waals surface area contributed by atoms with Gasteiger partial charge in [0.1, 0.15) is 0 Å². The van der Waals surface area contributed by atoms with Crippen LogP contribution in [0.5, 0.6) is 0 Å². The smallest absolute Gasteiger partial charge is 0.0748 e.